The Kier molecular flexibility index (Phi) is 15.1. The average molecular weight is 930 g/mol. The molecule has 2 aromatic carbocycles. The van der Waals surface area contributed by atoms with E-state index in [-0.39, 0.29) is 50.1 Å². The number of pyridine rings is 2. The molecule has 0 atom stereocenters. The van der Waals surface area contributed by atoms with Crippen LogP contribution >= 0.6 is 35.0 Å². The molecule has 0 aliphatic heterocycles. The standard InChI is InChI=1S/C21H22ClFN4O4S.C21H22ClFN4O2S/c1-21(2,3)31-20(28)26(4)13-14-11-18(32(29,30)15-7-6-10-24-12-15)27(25-14)17-9-5-8-16(22)19(17)23;1-21(2,3)29-20(28)26(4)13-14-11-18(30-15-7-6-10-24-12-15)27(25-14)17-9-5-8-16(22)19(17)23/h5-12H,13H2,1-4H3;5-12H,13H2,1-4H3. The predicted octanol–water partition coefficient (Wildman–Crippen LogP) is 9.84. The summed E-state index contributed by atoms with van der Waals surface area (Å²) in [6.07, 6.45) is 4.94. The van der Waals surface area contributed by atoms with Gasteiger partial charge in [-0.3, -0.25) is 9.97 Å². The minimum absolute atomic E-state index is 0.00718. The fraction of sp³-hybridized carbons (Fsp3) is 0.286. The van der Waals surface area contributed by atoms with E-state index in [1.54, 1.807) is 79.2 Å². The lowest BCUT2D eigenvalue weighted by Gasteiger charge is -2.24. The number of rotatable bonds is 10. The Labute approximate surface area is 372 Å². The molecule has 6 rings (SSSR count). The first-order valence-corrected chi connectivity index (χ1v) is 21.8. The van der Waals surface area contributed by atoms with Crippen molar-refractivity contribution in [1.82, 2.24) is 39.3 Å². The van der Waals surface area contributed by atoms with E-state index in [0.717, 1.165) is 9.58 Å². The molecule has 0 bridgehead atoms. The SMILES string of the molecule is CN(Cc1cc(S(=O)(=O)c2cccnc2)n(-c2cccc(Cl)c2F)n1)C(=O)OC(C)(C)C.CN(Cc1cc(Sc2cccnc2)n(-c2cccc(Cl)c2F)n1)C(=O)OC(C)(C)C. The van der Waals surface area contributed by atoms with Crippen molar-refractivity contribution in [3.63, 3.8) is 0 Å². The van der Waals surface area contributed by atoms with Gasteiger partial charge in [0.1, 0.15) is 27.6 Å². The van der Waals surface area contributed by atoms with Crippen LogP contribution in [-0.4, -0.2) is 85.2 Å². The fourth-order valence-electron chi connectivity index (χ4n) is 5.35. The third-order valence-corrected chi connectivity index (χ3v) is 11.3. The summed E-state index contributed by atoms with van der Waals surface area (Å²) in [5.74, 6) is -1.39. The number of halogens is 4. The number of ether oxygens (including phenoxy) is 2. The fourth-order valence-corrected chi connectivity index (χ4v) is 7.96. The zero-order chi connectivity index (χ0) is 45.6. The van der Waals surface area contributed by atoms with E-state index in [0.29, 0.717) is 10.7 Å². The molecule has 0 radical (unpaired) electrons. The first-order chi connectivity index (χ1) is 29.0. The molecular weight excluding hydrogens is 886 g/mol. The molecule has 0 N–H and O–H groups in total. The number of sulfone groups is 1. The summed E-state index contributed by atoms with van der Waals surface area (Å²) < 4.78 is 69.2. The number of carbonyl (C=O) groups is 2. The Morgan fingerprint density at radius 3 is 1.68 bits per heavy atom. The first-order valence-electron chi connectivity index (χ1n) is 18.7. The molecule has 0 unspecified atom stereocenters. The maximum atomic E-state index is 14.8. The van der Waals surface area contributed by atoms with E-state index in [9.17, 15) is 26.8 Å². The molecule has 328 valence electrons. The highest BCUT2D eigenvalue weighted by molar-refractivity contribution is 7.99. The average Bonchev–Trinajstić information content (AvgIpc) is 3.80. The molecule has 0 aliphatic rings. The van der Waals surface area contributed by atoms with Crippen LogP contribution in [0.3, 0.4) is 0 Å². The minimum atomic E-state index is -4.12. The second-order valence-electron chi connectivity index (χ2n) is 15.6. The predicted molar refractivity (Wildman–Crippen MR) is 231 cm³/mol. The van der Waals surface area contributed by atoms with Gasteiger partial charge in [-0.1, -0.05) is 47.1 Å². The number of hydrogen-bond donors (Lipinski definition) is 0. The van der Waals surface area contributed by atoms with Gasteiger partial charge in [-0.05, 0) is 96.1 Å². The molecule has 4 aromatic heterocycles. The van der Waals surface area contributed by atoms with E-state index < -0.39 is 44.9 Å². The highest BCUT2D eigenvalue weighted by atomic mass is 35.5. The van der Waals surface area contributed by atoms with E-state index in [2.05, 4.69) is 20.2 Å². The van der Waals surface area contributed by atoms with Crippen molar-refractivity contribution in [3.8, 4) is 11.4 Å². The molecule has 4 heterocycles. The Balaban J connectivity index is 0.000000235. The second kappa shape index (κ2) is 19.7. The van der Waals surface area contributed by atoms with Crippen molar-refractivity contribution >= 4 is 57.0 Å². The van der Waals surface area contributed by atoms with E-state index >= 15 is 0 Å². The van der Waals surface area contributed by atoms with Gasteiger partial charge in [0.2, 0.25) is 9.84 Å². The summed E-state index contributed by atoms with van der Waals surface area (Å²) in [6, 6.07) is 18.6. The summed E-state index contributed by atoms with van der Waals surface area (Å²) >= 11 is 13.2. The molecular formula is C42H44Cl2F2N8O6S2. The molecule has 62 heavy (non-hydrogen) atoms. The zero-order valence-electron chi connectivity index (χ0n) is 35.0. The van der Waals surface area contributed by atoms with Crippen LogP contribution in [-0.2, 0) is 32.4 Å². The third kappa shape index (κ3) is 12.3. The monoisotopic (exact) mass is 928 g/mol. The van der Waals surface area contributed by atoms with E-state index in [1.807, 2.05) is 12.1 Å². The zero-order valence-corrected chi connectivity index (χ0v) is 38.2. The molecule has 0 fully saturated rings. The van der Waals surface area contributed by atoms with Crippen LogP contribution in [0.4, 0.5) is 18.4 Å². The molecule has 2 amide bonds. The number of carbonyl (C=O) groups excluding carboxylic acids is 2. The van der Waals surface area contributed by atoms with Gasteiger partial charge in [-0.2, -0.15) is 10.2 Å². The topological polar surface area (TPSA) is 155 Å². The highest BCUT2D eigenvalue weighted by Gasteiger charge is 2.29. The lowest BCUT2D eigenvalue weighted by atomic mass is 10.2. The third-order valence-electron chi connectivity index (χ3n) is 8.06. The molecule has 0 saturated heterocycles. The van der Waals surface area contributed by atoms with Gasteiger partial charge in [0.15, 0.2) is 16.7 Å². The van der Waals surface area contributed by atoms with Crippen LogP contribution in [0, 0.1) is 11.6 Å². The summed E-state index contributed by atoms with van der Waals surface area (Å²) in [4.78, 5) is 36.0. The van der Waals surface area contributed by atoms with Crippen molar-refractivity contribution in [2.24, 2.45) is 0 Å². The van der Waals surface area contributed by atoms with Crippen LogP contribution in [0.1, 0.15) is 52.9 Å². The van der Waals surface area contributed by atoms with Crippen molar-refractivity contribution in [2.45, 2.75) is 85.7 Å². The largest absolute Gasteiger partial charge is 0.444 e. The van der Waals surface area contributed by atoms with Gasteiger partial charge in [0.25, 0.3) is 0 Å². The van der Waals surface area contributed by atoms with Crippen LogP contribution in [0.15, 0.2) is 117 Å². The highest BCUT2D eigenvalue weighted by Crippen LogP contribution is 2.33. The van der Waals surface area contributed by atoms with Crippen LogP contribution in [0.25, 0.3) is 11.4 Å². The van der Waals surface area contributed by atoms with Crippen LogP contribution in [0.5, 0.6) is 0 Å². The molecule has 0 spiro atoms. The number of nitrogens with zero attached hydrogens (tertiary/aromatic N) is 8. The first kappa shape index (κ1) is 47.5. The van der Waals surface area contributed by atoms with E-state index in [1.165, 1.54) is 88.1 Å². The van der Waals surface area contributed by atoms with Gasteiger partial charge in [-0.25, -0.2) is 36.2 Å². The molecule has 20 heteroatoms. The Morgan fingerprint density at radius 2 is 1.19 bits per heavy atom. The normalized spacial score (nSPS) is 11.7. The number of hydrogen-bond acceptors (Lipinski definition) is 11. The van der Waals surface area contributed by atoms with Crippen LogP contribution < -0.4 is 0 Å². The van der Waals surface area contributed by atoms with Crippen LogP contribution in [0.2, 0.25) is 10.0 Å². The minimum Gasteiger partial charge on any atom is -0.444 e. The molecule has 6 aromatic rings. The van der Waals surface area contributed by atoms with Crippen molar-refractivity contribution in [3.05, 3.63) is 131 Å². The van der Waals surface area contributed by atoms with Crippen molar-refractivity contribution in [2.75, 3.05) is 14.1 Å². The quantitative estimate of drug-likeness (QED) is 0.129. The Hall–Kier alpha value is -5.56. The smallest absolute Gasteiger partial charge is 0.410 e. The number of amides is 2. The number of aromatic nitrogens is 6. The molecule has 0 saturated carbocycles. The van der Waals surface area contributed by atoms with Crippen molar-refractivity contribution in [1.29, 1.82) is 0 Å². The molecule has 14 nitrogen and oxygen atoms in total. The Bertz CT molecular complexity index is 2640. The summed E-state index contributed by atoms with van der Waals surface area (Å²) in [5.41, 5.74) is -0.445. The number of benzene rings is 2. The van der Waals surface area contributed by atoms with Crippen molar-refractivity contribution < 1.29 is 36.3 Å². The maximum Gasteiger partial charge on any atom is 0.410 e. The second-order valence-corrected chi connectivity index (χ2v) is 19.4. The lowest BCUT2D eigenvalue weighted by Crippen LogP contribution is -2.33. The summed E-state index contributed by atoms with van der Waals surface area (Å²) in [7, 11) is -1.00. The molecule has 0 aliphatic carbocycles. The van der Waals surface area contributed by atoms with Gasteiger partial charge in [-0.15, -0.1) is 0 Å². The van der Waals surface area contributed by atoms with E-state index in [4.69, 9.17) is 32.7 Å². The van der Waals surface area contributed by atoms with Gasteiger partial charge >= 0.3 is 12.2 Å². The van der Waals surface area contributed by atoms with Gasteiger partial charge < -0.3 is 19.3 Å². The van der Waals surface area contributed by atoms with Gasteiger partial charge in [0, 0.05) is 49.8 Å². The Morgan fingerprint density at radius 1 is 0.710 bits per heavy atom. The summed E-state index contributed by atoms with van der Waals surface area (Å²) in [5, 5.41) is 8.98. The summed E-state index contributed by atoms with van der Waals surface area (Å²) in [6.45, 7) is 10.7. The maximum absolute atomic E-state index is 14.8. The van der Waals surface area contributed by atoms with Gasteiger partial charge in [0.05, 0.1) is 39.4 Å². The lowest BCUT2D eigenvalue weighted by molar-refractivity contribution is 0.0273.